The van der Waals surface area contributed by atoms with Crippen LogP contribution in [-0.2, 0) is 11.3 Å². The number of carboxylic acids is 1. The number of ether oxygens (including phenoxy) is 1. The normalized spacial score (nSPS) is 11.7. The predicted molar refractivity (Wildman–Crippen MR) is 86.2 cm³/mol. The minimum Gasteiger partial charge on any atom is -0.477 e. The van der Waals surface area contributed by atoms with Crippen LogP contribution in [0.4, 0.5) is 0 Å². The molecule has 0 amide bonds. The molecule has 2 rings (SSSR count). The van der Waals surface area contributed by atoms with E-state index in [0.717, 1.165) is 22.2 Å². The van der Waals surface area contributed by atoms with E-state index in [2.05, 4.69) is 18.7 Å². The SMILES string of the molecule is COCCN(Cc1c(C(=O)O)sc2ccccc12)C(C)C. The summed E-state index contributed by atoms with van der Waals surface area (Å²) in [5.74, 6) is -0.846. The van der Waals surface area contributed by atoms with Gasteiger partial charge in [0, 0.05) is 30.9 Å². The Balaban J connectivity index is 2.38. The van der Waals surface area contributed by atoms with Gasteiger partial charge in [0.2, 0.25) is 0 Å². The average Bonchev–Trinajstić information content (AvgIpc) is 2.82. The van der Waals surface area contributed by atoms with Gasteiger partial charge in [-0.3, -0.25) is 4.90 Å². The number of aromatic carboxylic acids is 1. The molecule has 4 nitrogen and oxygen atoms in total. The van der Waals surface area contributed by atoms with E-state index < -0.39 is 5.97 Å². The van der Waals surface area contributed by atoms with Gasteiger partial charge in [-0.2, -0.15) is 0 Å². The zero-order valence-corrected chi connectivity index (χ0v) is 13.4. The molecule has 21 heavy (non-hydrogen) atoms. The molecule has 1 aromatic carbocycles. The number of hydrogen-bond acceptors (Lipinski definition) is 4. The highest BCUT2D eigenvalue weighted by atomic mass is 32.1. The van der Waals surface area contributed by atoms with Crippen molar-refractivity contribution in [2.24, 2.45) is 0 Å². The Bertz CT molecular complexity index is 621. The molecule has 0 fully saturated rings. The summed E-state index contributed by atoms with van der Waals surface area (Å²) in [6, 6.07) is 8.21. The minimum atomic E-state index is -0.846. The Morgan fingerprint density at radius 3 is 2.71 bits per heavy atom. The molecule has 1 aromatic heterocycles. The van der Waals surface area contributed by atoms with Gasteiger partial charge in [0.25, 0.3) is 0 Å². The Labute approximate surface area is 129 Å². The van der Waals surface area contributed by atoms with Crippen LogP contribution >= 0.6 is 11.3 Å². The first-order valence-electron chi connectivity index (χ1n) is 7.01. The van der Waals surface area contributed by atoms with Crippen molar-refractivity contribution >= 4 is 27.4 Å². The summed E-state index contributed by atoms with van der Waals surface area (Å²) >= 11 is 1.35. The lowest BCUT2D eigenvalue weighted by Gasteiger charge is -2.26. The lowest BCUT2D eigenvalue weighted by Crippen LogP contribution is -2.33. The van der Waals surface area contributed by atoms with E-state index in [4.69, 9.17) is 4.74 Å². The molecule has 0 bridgehead atoms. The van der Waals surface area contributed by atoms with Crippen molar-refractivity contribution in [3.63, 3.8) is 0 Å². The molecule has 0 radical (unpaired) electrons. The third-order valence-corrected chi connectivity index (χ3v) is 4.77. The third-order valence-electron chi connectivity index (χ3n) is 3.57. The molecule has 0 aliphatic rings. The van der Waals surface area contributed by atoms with Gasteiger partial charge in [0.05, 0.1) is 6.61 Å². The highest BCUT2D eigenvalue weighted by Crippen LogP contribution is 2.32. The molecular formula is C16H21NO3S. The molecule has 1 N–H and O–H groups in total. The number of thiophene rings is 1. The van der Waals surface area contributed by atoms with Gasteiger partial charge in [0.15, 0.2) is 0 Å². The Morgan fingerprint density at radius 2 is 2.10 bits per heavy atom. The van der Waals surface area contributed by atoms with Gasteiger partial charge in [0.1, 0.15) is 4.88 Å². The molecular weight excluding hydrogens is 286 g/mol. The number of methoxy groups -OCH3 is 1. The lowest BCUT2D eigenvalue weighted by atomic mass is 10.1. The fourth-order valence-corrected chi connectivity index (χ4v) is 3.41. The molecule has 0 saturated heterocycles. The Kier molecular flexibility index (Phi) is 5.33. The van der Waals surface area contributed by atoms with Gasteiger partial charge in [-0.05, 0) is 30.9 Å². The van der Waals surface area contributed by atoms with Crippen LogP contribution in [-0.4, -0.2) is 42.3 Å². The number of nitrogens with zero attached hydrogens (tertiary/aromatic N) is 1. The van der Waals surface area contributed by atoms with E-state index in [1.807, 2.05) is 24.3 Å². The van der Waals surface area contributed by atoms with Crippen LogP contribution in [0.2, 0.25) is 0 Å². The molecule has 0 aliphatic carbocycles. The fraction of sp³-hybridized carbons (Fsp3) is 0.438. The predicted octanol–water partition coefficient (Wildman–Crippen LogP) is 3.46. The van der Waals surface area contributed by atoms with E-state index in [1.54, 1.807) is 7.11 Å². The molecule has 0 atom stereocenters. The quantitative estimate of drug-likeness (QED) is 0.851. The van der Waals surface area contributed by atoms with Gasteiger partial charge in [-0.15, -0.1) is 11.3 Å². The van der Waals surface area contributed by atoms with Crippen molar-refractivity contribution in [1.82, 2.24) is 4.90 Å². The molecule has 0 unspecified atom stereocenters. The van der Waals surface area contributed by atoms with Crippen molar-refractivity contribution in [2.45, 2.75) is 26.4 Å². The zero-order valence-electron chi connectivity index (χ0n) is 12.6. The van der Waals surface area contributed by atoms with Crippen molar-refractivity contribution in [3.05, 3.63) is 34.7 Å². The first-order valence-corrected chi connectivity index (χ1v) is 7.83. The molecule has 1 heterocycles. The maximum Gasteiger partial charge on any atom is 0.346 e. The largest absolute Gasteiger partial charge is 0.477 e. The highest BCUT2D eigenvalue weighted by Gasteiger charge is 2.20. The van der Waals surface area contributed by atoms with Crippen LogP contribution in [0.3, 0.4) is 0 Å². The van der Waals surface area contributed by atoms with Crippen molar-refractivity contribution < 1.29 is 14.6 Å². The lowest BCUT2D eigenvalue weighted by molar-refractivity contribution is 0.0698. The monoisotopic (exact) mass is 307 g/mol. The number of hydrogen-bond donors (Lipinski definition) is 1. The second-order valence-electron chi connectivity index (χ2n) is 5.27. The molecule has 0 spiro atoms. The summed E-state index contributed by atoms with van der Waals surface area (Å²) in [5, 5.41) is 10.5. The molecule has 114 valence electrons. The summed E-state index contributed by atoms with van der Waals surface area (Å²) < 4.78 is 6.18. The number of benzene rings is 1. The Hall–Kier alpha value is -1.43. The van der Waals surface area contributed by atoms with Crippen LogP contribution in [0.15, 0.2) is 24.3 Å². The van der Waals surface area contributed by atoms with Gasteiger partial charge in [-0.1, -0.05) is 18.2 Å². The number of fused-ring (bicyclic) bond motifs is 1. The van der Waals surface area contributed by atoms with Crippen LogP contribution in [0.25, 0.3) is 10.1 Å². The van der Waals surface area contributed by atoms with Crippen molar-refractivity contribution in [1.29, 1.82) is 0 Å². The van der Waals surface area contributed by atoms with E-state index in [-0.39, 0.29) is 0 Å². The van der Waals surface area contributed by atoms with E-state index in [0.29, 0.717) is 24.1 Å². The minimum absolute atomic E-state index is 0.334. The van der Waals surface area contributed by atoms with Crippen LogP contribution in [0, 0.1) is 0 Å². The van der Waals surface area contributed by atoms with Gasteiger partial charge in [-0.25, -0.2) is 4.79 Å². The van der Waals surface area contributed by atoms with E-state index >= 15 is 0 Å². The van der Waals surface area contributed by atoms with Crippen molar-refractivity contribution in [2.75, 3.05) is 20.3 Å². The van der Waals surface area contributed by atoms with E-state index in [9.17, 15) is 9.90 Å². The summed E-state index contributed by atoms with van der Waals surface area (Å²) in [6.45, 7) is 6.29. The van der Waals surface area contributed by atoms with Crippen molar-refractivity contribution in [3.8, 4) is 0 Å². The number of rotatable bonds is 7. The Morgan fingerprint density at radius 1 is 1.38 bits per heavy atom. The molecule has 0 saturated carbocycles. The maximum absolute atomic E-state index is 11.5. The van der Waals surface area contributed by atoms with E-state index in [1.165, 1.54) is 11.3 Å². The van der Waals surface area contributed by atoms with Crippen LogP contribution < -0.4 is 0 Å². The topological polar surface area (TPSA) is 49.8 Å². The van der Waals surface area contributed by atoms with Crippen LogP contribution in [0.1, 0.15) is 29.1 Å². The second-order valence-corrected chi connectivity index (χ2v) is 6.32. The first kappa shape index (κ1) is 15.9. The standard InChI is InChI=1S/C16H21NO3S/c1-11(2)17(8-9-20-3)10-13-12-6-4-5-7-14(12)21-15(13)16(18)19/h4-7,11H,8-10H2,1-3H3,(H,18,19). The third kappa shape index (κ3) is 3.61. The van der Waals surface area contributed by atoms with Crippen LogP contribution in [0.5, 0.6) is 0 Å². The maximum atomic E-state index is 11.5. The average molecular weight is 307 g/mol. The van der Waals surface area contributed by atoms with Gasteiger partial charge >= 0.3 is 5.97 Å². The summed E-state index contributed by atoms with van der Waals surface area (Å²) in [7, 11) is 1.68. The number of carboxylic acid groups (broad SMARTS) is 1. The summed E-state index contributed by atoms with van der Waals surface area (Å²) in [6.07, 6.45) is 0. The molecule has 2 aromatic rings. The zero-order chi connectivity index (χ0) is 15.4. The first-order chi connectivity index (χ1) is 10.0. The summed E-state index contributed by atoms with van der Waals surface area (Å²) in [5.41, 5.74) is 0.910. The highest BCUT2D eigenvalue weighted by molar-refractivity contribution is 7.21. The molecule has 5 heteroatoms. The summed E-state index contributed by atoms with van der Waals surface area (Å²) in [4.78, 5) is 14.2. The second kappa shape index (κ2) is 7.02. The fourth-order valence-electron chi connectivity index (χ4n) is 2.36. The molecule has 0 aliphatic heterocycles. The smallest absolute Gasteiger partial charge is 0.346 e. The number of carbonyl (C=O) groups is 1. The van der Waals surface area contributed by atoms with Gasteiger partial charge < -0.3 is 9.84 Å².